The maximum Gasteiger partial charge on any atom is 0.436 e. The zero-order valence-corrected chi connectivity index (χ0v) is 20.1. The van der Waals surface area contributed by atoms with E-state index in [-0.39, 0.29) is 5.84 Å². The fourth-order valence-electron chi connectivity index (χ4n) is 3.01. The minimum Gasteiger partial charge on any atom is -0.442 e. The minimum absolute atomic E-state index is 0.220. The highest BCUT2D eigenvalue weighted by atomic mass is 35.5. The van der Waals surface area contributed by atoms with E-state index in [1.807, 2.05) is 13.0 Å². The van der Waals surface area contributed by atoms with E-state index >= 15 is 0 Å². The minimum atomic E-state index is -0.797. The first-order valence-electron chi connectivity index (χ1n) is 10.3. The molecule has 3 rings (SSSR count). The lowest BCUT2D eigenvalue weighted by Crippen LogP contribution is -2.57. The van der Waals surface area contributed by atoms with Crippen molar-refractivity contribution >= 4 is 41.0 Å². The number of amides is 2. The molecule has 7 nitrogen and oxygen atoms in total. The highest BCUT2D eigenvalue weighted by Crippen LogP contribution is 2.38. The molecule has 0 N–H and O–H groups in total. The molecule has 0 spiro atoms. The van der Waals surface area contributed by atoms with Crippen molar-refractivity contribution in [3.8, 4) is 0 Å². The number of ether oxygens (including phenoxy) is 2. The number of aliphatic imine (C=N–C) groups is 1. The van der Waals surface area contributed by atoms with Crippen LogP contribution in [0.1, 0.15) is 52.7 Å². The Morgan fingerprint density at radius 3 is 1.91 bits per heavy atom. The summed E-state index contributed by atoms with van der Waals surface area (Å²) in [6.45, 7) is 12.4. The molecule has 0 fully saturated rings. The van der Waals surface area contributed by atoms with Gasteiger partial charge in [0.15, 0.2) is 5.84 Å². The first-order valence-corrected chi connectivity index (χ1v) is 10.6. The smallest absolute Gasteiger partial charge is 0.436 e. The molecular weight excluding hydrogens is 430 g/mol. The molecule has 1 heterocycles. The highest BCUT2D eigenvalue weighted by molar-refractivity contribution is 6.30. The summed E-state index contributed by atoms with van der Waals surface area (Å²) >= 11 is 6.06. The highest BCUT2D eigenvalue weighted by Gasteiger charge is 2.41. The van der Waals surface area contributed by atoms with Crippen LogP contribution in [-0.4, -0.2) is 34.2 Å². The Morgan fingerprint density at radius 1 is 0.844 bits per heavy atom. The Bertz CT molecular complexity index is 1070. The van der Waals surface area contributed by atoms with E-state index in [1.54, 1.807) is 77.9 Å². The molecule has 8 heteroatoms. The molecule has 0 saturated heterocycles. The number of amidine groups is 1. The van der Waals surface area contributed by atoms with Gasteiger partial charge in [-0.2, -0.15) is 10.0 Å². The molecule has 2 aromatic carbocycles. The van der Waals surface area contributed by atoms with Crippen LogP contribution in [-0.2, 0) is 9.47 Å². The molecule has 0 aromatic heterocycles. The van der Waals surface area contributed by atoms with Crippen molar-refractivity contribution in [3.05, 3.63) is 58.6 Å². The second-order valence-corrected chi connectivity index (χ2v) is 9.96. The molecule has 1 aliphatic heterocycles. The topological polar surface area (TPSA) is 71.4 Å². The normalized spacial score (nSPS) is 13.9. The van der Waals surface area contributed by atoms with Gasteiger partial charge in [-0.15, -0.1) is 0 Å². The second-order valence-electron chi connectivity index (χ2n) is 9.52. The van der Waals surface area contributed by atoms with Crippen LogP contribution in [0.5, 0.6) is 0 Å². The summed E-state index contributed by atoms with van der Waals surface area (Å²) < 4.78 is 11.3. The van der Waals surface area contributed by atoms with Gasteiger partial charge < -0.3 is 9.47 Å². The maximum absolute atomic E-state index is 13.4. The van der Waals surface area contributed by atoms with E-state index in [0.29, 0.717) is 22.0 Å². The average Bonchev–Trinajstić information content (AvgIpc) is 2.64. The third-order valence-electron chi connectivity index (χ3n) is 4.22. The predicted octanol–water partition coefficient (Wildman–Crippen LogP) is 6.63. The third-order valence-corrected chi connectivity index (χ3v) is 4.47. The molecular formula is C24H28ClN3O4. The predicted molar refractivity (Wildman–Crippen MR) is 126 cm³/mol. The van der Waals surface area contributed by atoms with Crippen LogP contribution in [0.4, 0.5) is 21.0 Å². The fourth-order valence-corrected chi connectivity index (χ4v) is 3.13. The van der Waals surface area contributed by atoms with Gasteiger partial charge in [-0.05, 0) is 90.4 Å². The number of benzene rings is 2. The van der Waals surface area contributed by atoms with Crippen molar-refractivity contribution in [2.24, 2.45) is 4.99 Å². The zero-order valence-electron chi connectivity index (χ0n) is 19.4. The second kappa shape index (κ2) is 8.47. The van der Waals surface area contributed by atoms with Gasteiger partial charge in [-0.25, -0.2) is 14.6 Å². The van der Waals surface area contributed by atoms with Gasteiger partial charge >= 0.3 is 12.2 Å². The number of rotatable bonds is 1. The van der Waals surface area contributed by atoms with Crippen LogP contribution >= 0.6 is 11.6 Å². The Hall–Kier alpha value is -3.06. The van der Waals surface area contributed by atoms with Crippen molar-refractivity contribution < 1.29 is 19.1 Å². The van der Waals surface area contributed by atoms with Gasteiger partial charge in [-0.1, -0.05) is 17.7 Å². The molecule has 0 saturated carbocycles. The summed E-state index contributed by atoms with van der Waals surface area (Å²) in [5.74, 6) is 0.220. The average molecular weight is 458 g/mol. The summed E-state index contributed by atoms with van der Waals surface area (Å²) in [5.41, 5.74) is 0.838. The van der Waals surface area contributed by atoms with E-state index in [2.05, 4.69) is 0 Å². The number of hydrogen-bond acceptors (Lipinski definition) is 5. The lowest BCUT2D eigenvalue weighted by Gasteiger charge is -2.39. The Kier molecular flexibility index (Phi) is 6.24. The summed E-state index contributed by atoms with van der Waals surface area (Å²) in [6, 6.07) is 12.3. The van der Waals surface area contributed by atoms with Crippen molar-refractivity contribution in [2.45, 2.75) is 59.7 Å². The van der Waals surface area contributed by atoms with Crippen molar-refractivity contribution in [1.29, 1.82) is 0 Å². The Balaban J connectivity index is 2.23. The first kappa shape index (κ1) is 23.6. The van der Waals surface area contributed by atoms with Crippen LogP contribution in [0.25, 0.3) is 0 Å². The Labute approximate surface area is 193 Å². The number of carbonyl (C=O) groups excluding carboxylic acids is 2. The van der Waals surface area contributed by atoms with E-state index in [1.165, 1.54) is 5.01 Å². The monoisotopic (exact) mass is 457 g/mol. The number of carbonyl (C=O) groups is 2. The Morgan fingerprint density at radius 2 is 1.38 bits per heavy atom. The lowest BCUT2D eigenvalue weighted by atomic mass is 10.1. The summed E-state index contributed by atoms with van der Waals surface area (Å²) in [6.07, 6.45) is -1.49. The molecule has 0 radical (unpaired) electrons. The van der Waals surface area contributed by atoms with Gasteiger partial charge in [-0.3, -0.25) is 0 Å². The molecule has 0 aliphatic carbocycles. The molecule has 0 atom stereocenters. The third kappa shape index (κ3) is 5.40. The molecule has 2 aromatic rings. The van der Waals surface area contributed by atoms with E-state index in [4.69, 9.17) is 26.1 Å². The molecule has 32 heavy (non-hydrogen) atoms. The van der Waals surface area contributed by atoms with Gasteiger partial charge in [0.05, 0.1) is 11.4 Å². The van der Waals surface area contributed by atoms with Gasteiger partial charge in [0, 0.05) is 10.6 Å². The van der Waals surface area contributed by atoms with E-state index < -0.39 is 23.4 Å². The van der Waals surface area contributed by atoms with Crippen LogP contribution in [0.3, 0.4) is 0 Å². The number of hydrogen-bond donors (Lipinski definition) is 0. The van der Waals surface area contributed by atoms with E-state index in [9.17, 15) is 9.59 Å². The standard InChI is InChI=1S/C24H28ClN3O4/c1-15-8-13-18-19(14-15)27(21(29)31-23(2,3)4)28(22(30)32-24(5,6)7)20(26-18)16-9-11-17(25)12-10-16/h8-14H,1-7H3. The van der Waals surface area contributed by atoms with Gasteiger partial charge in [0.1, 0.15) is 11.2 Å². The first-order chi connectivity index (χ1) is 14.7. The van der Waals surface area contributed by atoms with E-state index in [0.717, 1.165) is 10.6 Å². The van der Waals surface area contributed by atoms with Gasteiger partial charge in [0.2, 0.25) is 0 Å². The van der Waals surface area contributed by atoms with Crippen LogP contribution < -0.4 is 5.01 Å². The van der Waals surface area contributed by atoms with Crippen LogP contribution in [0, 0.1) is 6.92 Å². The summed E-state index contributed by atoms with van der Waals surface area (Å²) in [4.78, 5) is 31.5. The summed E-state index contributed by atoms with van der Waals surface area (Å²) in [5, 5.41) is 2.83. The zero-order chi connectivity index (χ0) is 23.8. The maximum atomic E-state index is 13.4. The fraction of sp³-hybridized carbons (Fsp3) is 0.375. The van der Waals surface area contributed by atoms with Crippen molar-refractivity contribution in [1.82, 2.24) is 5.01 Å². The van der Waals surface area contributed by atoms with Crippen LogP contribution in [0.2, 0.25) is 5.02 Å². The molecule has 1 aliphatic rings. The molecule has 2 amide bonds. The largest absolute Gasteiger partial charge is 0.442 e. The number of fused-ring (bicyclic) bond motifs is 1. The van der Waals surface area contributed by atoms with Crippen molar-refractivity contribution in [3.63, 3.8) is 0 Å². The summed E-state index contributed by atoms with van der Waals surface area (Å²) in [7, 11) is 0. The quantitative estimate of drug-likeness (QED) is 0.481. The number of hydrazine groups is 1. The number of aryl methyl sites for hydroxylation is 1. The van der Waals surface area contributed by atoms with Crippen LogP contribution in [0.15, 0.2) is 47.5 Å². The molecule has 0 bridgehead atoms. The molecule has 170 valence electrons. The molecule has 0 unspecified atom stereocenters. The number of halogens is 1. The number of anilines is 1. The van der Waals surface area contributed by atoms with Crippen molar-refractivity contribution in [2.75, 3.05) is 5.01 Å². The van der Waals surface area contributed by atoms with Gasteiger partial charge in [0.25, 0.3) is 0 Å². The SMILES string of the molecule is Cc1ccc2c(c1)N(C(=O)OC(C)(C)C)N(C(=O)OC(C)(C)C)C(c1ccc(Cl)cc1)=N2. The number of nitrogens with zero attached hydrogens (tertiary/aromatic N) is 3. The lowest BCUT2D eigenvalue weighted by molar-refractivity contribution is 0.0256.